The summed E-state index contributed by atoms with van der Waals surface area (Å²) in [5.74, 6) is -0.0591. The molecule has 2 aromatic carbocycles. The molecule has 3 nitrogen and oxygen atoms in total. The molecule has 0 bridgehead atoms. The fourth-order valence-corrected chi connectivity index (χ4v) is 4.14. The van der Waals surface area contributed by atoms with Gasteiger partial charge in [-0.3, -0.25) is 0 Å². The van der Waals surface area contributed by atoms with E-state index in [9.17, 15) is 4.79 Å². The van der Waals surface area contributed by atoms with Gasteiger partial charge in [-0.1, -0.05) is 0 Å². The first-order chi connectivity index (χ1) is 9.79. The van der Waals surface area contributed by atoms with E-state index in [1.807, 2.05) is 24.4 Å². The van der Waals surface area contributed by atoms with Crippen LogP contribution in [0.3, 0.4) is 0 Å². The zero-order valence-electron chi connectivity index (χ0n) is 11.0. The fraction of sp³-hybridized carbons (Fsp3) is 0.0625. The van der Waals surface area contributed by atoms with Crippen LogP contribution in [0.2, 0.25) is 0 Å². The van der Waals surface area contributed by atoms with Crippen molar-refractivity contribution in [2.24, 2.45) is 0 Å². The number of aromatic amines is 1. The van der Waals surface area contributed by atoms with Crippen molar-refractivity contribution in [3.05, 3.63) is 60.3 Å². The number of rotatable bonds is 3. The Morgan fingerprint density at radius 2 is 1.90 bits per heavy atom. The predicted molar refractivity (Wildman–Crippen MR) is 83.2 cm³/mol. The monoisotopic (exact) mass is 330 g/mol. The van der Waals surface area contributed by atoms with Gasteiger partial charge in [0.05, 0.1) is 0 Å². The number of amides is 1. The minimum atomic E-state index is -0.0591. The molecule has 100 valence electrons. The van der Waals surface area contributed by atoms with Crippen molar-refractivity contribution in [1.82, 2.24) is 10.3 Å². The van der Waals surface area contributed by atoms with Crippen molar-refractivity contribution in [1.29, 1.82) is 0 Å². The third kappa shape index (κ3) is 2.36. The second kappa shape index (κ2) is 5.53. The van der Waals surface area contributed by atoms with E-state index in [1.54, 1.807) is 7.05 Å². The molecule has 0 spiro atoms. The molecule has 0 fully saturated rings. The van der Waals surface area contributed by atoms with Crippen LogP contribution in [0.25, 0.3) is 10.9 Å². The maximum absolute atomic E-state index is 11.9. The van der Waals surface area contributed by atoms with Gasteiger partial charge in [-0.2, -0.15) is 0 Å². The molecule has 0 aliphatic heterocycles. The van der Waals surface area contributed by atoms with E-state index in [4.69, 9.17) is 0 Å². The molecule has 0 saturated carbocycles. The molecule has 0 atom stereocenters. The van der Waals surface area contributed by atoms with Crippen molar-refractivity contribution in [2.75, 3.05) is 7.05 Å². The van der Waals surface area contributed by atoms with Crippen molar-refractivity contribution in [3.63, 3.8) is 0 Å². The third-order valence-electron chi connectivity index (χ3n) is 3.12. The molecule has 1 heterocycles. The Hall–Kier alpha value is -2.03. The Kier molecular flexibility index (Phi) is 3.59. The van der Waals surface area contributed by atoms with Gasteiger partial charge < -0.3 is 0 Å². The van der Waals surface area contributed by atoms with Gasteiger partial charge in [0.15, 0.2) is 0 Å². The summed E-state index contributed by atoms with van der Waals surface area (Å²) in [5, 5.41) is 3.81. The molecule has 20 heavy (non-hydrogen) atoms. The Labute approximate surface area is 123 Å². The van der Waals surface area contributed by atoms with Crippen LogP contribution in [0.5, 0.6) is 0 Å². The summed E-state index contributed by atoms with van der Waals surface area (Å²) in [7, 11) is 1.65. The summed E-state index contributed by atoms with van der Waals surface area (Å²) in [4.78, 5) is 15.1. The summed E-state index contributed by atoms with van der Waals surface area (Å²) in [6.07, 6.45) is 2.02. The van der Waals surface area contributed by atoms with Crippen LogP contribution in [0.1, 0.15) is 10.4 Å². The van der Waals surface area contributed by atoms with E-state index < -0.39 is 0 Å². The molecule has 0 saturated heterocycles. The van der Waals surface area contributed by atoms with Gasteiger partial charge in [0.2, 0.25) is 0 Å². The number of aromatic nitrogens is 1. The maximum atomic E-state index is 11.9. The summed E-state index contributed by atoms with van der Waals surface area (Å²) in [6, 6.07) is 16.3. The number of H-pyrrole nitrogens is 1. The molecule has 0 aliphatic carbocycles. The van der Waals surface area contributed by atoms with Gasteiger partial charge in [0.1, 0.15) is 0 Å². The molecule has 4 heteroatoms. The molecular weight excluding hydrogens is 315 g/mol. The topological polar surface area (TPSA) is 44.9 Å². The van der Waals surface area contributed by atoms with Crippen LogP contribution in [-0.4, -0.2) is 32.9 Å². The van der Waals surface area contributed by atoms with Crippen molar-refractivity contribution in [3.8, 4) is 0 Å². The molecule has 1 aromatic heterocycles. The van der Waals surface area contributed by atoms with E-state index in [1.165, 1.54) is 8.92 Å². The van der Waals surface area contributed by atoms with Gasteiger partial charge in [0, 0.05) is 0 Å². The number of carbonyl (C=O) groups excluding carboxylic acids is 1. The summed E-state index contributed by atoms with van der Waals surface area (Å²) < 4.78 is 2.59. The van der Waals surface area contributed by atoms with E-state index in [0.717, 1.165) is 10.9 Å². The van der Waals surface area contributed by atoms with E-state index >= 15 is 0 Å². The molecule has 3 rings (SSSR count). The van der Waals surface area contributed by atoms with Gasteiger partial charge in [-0.05, 0) is 0 Å². The van der Waals surface area contributed by atoms with Gasteiger partial charge in [-0.15, -0.1) is 0 Å². The summed E-state index contributed by atoms with van der Waals surface area (Å²) in [6.45, 7) is 0. The van der Waals surface area contributed by atoms with Crippen LogP contribution in [-0.2, 0) is 0 Å². The number of carbonyl (C=O) groups is 1. The Morgan fingerprint density at radius 1 is 1.10 bits per heavy atom. The number of hydrogen-bond donors (Lipinski definition) is 2. The first kappa shape index (κ1) is 13.0. The number of benzene rings is 2. The first-order valence-electron chi connectivity index (χ1n) is 6.34. The molecule has 0 unspecified atom stereocenters. The van der Waals surface area contributed by atoms with Gasteiger partial charge in [-0.25, -0.2) is 0 Å². The number of hydrogen-bond acceptors (Lipinski definition) is 1. The van der Waals surface area contributed by atoms with Gasteiger partial charge >= 0.3 is 123 Å². The van der Waals surface area contributed by atoms with Gasteiger partial charge in [0.25, 0.3) is 0 Å². The SMILES string of the molecule is CNC(=O)c1cccc2c([Se]c3ccccc3)c[nH]c12. The van der Waals surface area contributed by atoms with E-state index in [-0.39, 0.29) is 20.9 Å². The molecule has 0 radical (unpaired) electrons. The number of nitrogens with one attached hydrogen (secondary N) is 2. The van der Waals surface area contributed by atoms with E-state index in [2.05, 4.69) is 40.6 Å². The predicted octanol–water partition coefficient (Wildman–Crippen LogP) is 1.18. The fourth-order valence-electron chi connectivity index (χ4n) is 2.15. The van der Waals surface area contributed by atoms with Crippen molar-refractivity contribution >= 4 is 40.7 Å². The van der Waals surface area contributed by atoms with Crippen LogP contribution < -0.4 is 14.2 Å². The van der Waals surface area contributed by atoms with Crippen LogP contribution in [0.4, 0.5) is 0 Å². The van der Waals surface area contributed by atoms with Crippen LogP contribution >= 0.6 is 0 Å². The second-order valence-corrected chi connectivity index (χ2v) is 6.72. The van der Waals surface area contributed by atoms with Crippen LogP contribution in [0, 0.1) is 0 Å². The first-order valence-corrected chi connectivity index (χ1v) is 8.06. The summed E-state index contributed by atoms with van der Waals surface area (Å²) in [5.41, 5.74) is 1.61. The third-order valence-corrected chi connectivity index (χ3v) is 5.36. The van der Waals surface area contributed by atoms with Crippen molar-refractivity contribution in [2.45, 2.75) is 0 Å². The van der Waals surface area contributed by atoms with Crippen molar-refractivity contribution < 1.29 is 4.79 Å². The minimum absolute atomic E-state index is 0.0591. The average molecular weight is 329 g/mol. The molecular formula is C16H14N2OSe. The zero-order chi connectivity index (χ0) is 13.9. The Bertz CT molecular complexity index is 750. The number of para-hydroxylation sites is 1. The zero-order valence-corrected chi connectivity index (χ0v) is 12.7. The quantitative estimate of drug-likeness (QED) is 0.697. The standard InChI is InChI=1S/C16H14N2OSe/c1-17-16(19)13-9-5-8-12-14(10-18-15(12)13)20-11-6-3-2-4-7-11/h2-10,18H,1H3,(H,17,19). The molecule has 2 N–H and O–H groups in total. The summed E-state index contributed by atoms with van der Waals surface area (Å²) >= 11 is 0.237. The van der Waals surface area contributed by atoms with E-state index in [0.29, 0.717) is 5.56 Å². The Balaban J connectivity index is 2.04. The molecule has 1 amide bonds. The Morgan fingerprint density at radius 3 is 2.65 bits per heavy atom. The van der Waals surface area contributed by atoms with Crippen LogP contribution in [0.15, 0.2) is 54.7 Å². The second-order valence-electron chi connectivity index (χ2n) is 4.38. The normalized spacial score (nSPS) is 10.7. The molecule has 3 aromatic rings. The number of fused-ring (bicyclic) bond motifs is 1. The molecule has 0 aliphatic rings. The average Bonchev–Trinajstić information content (AvgIpc) is 2.91.